The molecule has 2 N–H and O–H groups in total. The lowest BCUT2D eigenvalue weighted by Crippen LogP contribution is -2.46. The van der Waals surface area contributed by atoms with Crippen LogP contribution in [0.25, 0.3) is 0 Å². The Labute approximate surface area is 105 Å². The molecule has 18 heavy (non-hydrogen) atoms. The van der Waals surface area contributed by atoms with Gasteiger partial charge in [-0.2, -0.15) is 0 Å². The summed E-state index contributed by atoms with van der Waals surface area (Å²) in [6.07, 6.45) is -1.80. The van der Waals surface area contributed by atoms with E-state index in [-0.39, 0.29) is 19.8 Å². The van der Waals surface area contributed by atoms with Crippen LogP contribution in [0.15, 0.2) is 30.3 Å². The molecule has 98 valence electrons. The summed E-state index contributed by atoms with van der Waals surface area (Å²) in [7, 11) is 0. The van der Waals surface area contributed by atoms with Crippen molar-refractivity contribution in [2.24, 2.45) is 0 Å². The number of rotatable bonds is 3. The maximum atomic E-state index is 10.4. The Kier molecular flexibility index (Phi) is 3.09. The summed E-state index contributed by atoms with van der Waals surface area (Å²) >= 11 is 0. The maximum absolute atomic E-state index is 10.4. The molecule has 0 unspecified atom stereocenters. The highest BCUT2D eigenvalue weighted by atomic mass is 16.7. The van der Waals surface area contributed by atoms with Crippen molar-refractivity contribution in [3.05, 3.63) is 35.9 Å². The molecule has 0 radical (unpaired) electrons. The number of hydrogen-bond acceptors (Lipinski definition) is 5. The van der Waals surface area contributed by atoms with E-state index in [1.807, 2.05) is 30.3 Å². The Morgan fingerprint density at radius 3 is 2.83 bits per heavy atom. The Morgan fingerprint density at radius 2 is 2.06 bits per heavy atom. The van der Waals surface area contributed by atoms with E-state index >= 15 is 0 Å². The molecule has 1 aromatic rings. The second-order valence-electron chi connectivity index (χ2n) is 4.72. The lowest BCUT2D eigenvalue weighted by Gasteiger charge is -2.26. The first kappa shape index (κ1) is 12.1. The van der Waals surface area contributed by atoms with E-state index in [4.69, 9.17) is 14.2 Å². The van der Waals surface area contributed by atoms with Gasteiger partial charge >= 0.3 is 0 Å². The summed E-state index contributed by atoms with van der Waals surface area (Å²) in [5.41, 5.74) is 0.966. The van der Waals surface area contributed by atoms with Crippen LogP contribution in [0.2, 0.25) is 0 Å². The minimum absolute atomic E-state index is 0.0201. The first-order valence-electron chi connectivity index (χ1n) is 6.00. The highest BCUT2D eigenvalue weighted by Crippen LogP contribution is 2.35. The van der Waals surface area contributed by atoms with Gasteiger partial charge in [0.05, 0.1) is 13.2 Å². The van der Waals surface area contributed by atoms with Crippen molar-refractivity contribution in [1.82, 2.24) is 0 Å². The molecule has 1 aromatic carbocycles. The first-order chi connectivity index (χ1) is 8.69. The van der Waals surface area contributed by atoms with E-state index in [0.717, 1.165) is 5.56 Å². The molecule has 4 atom stereocenters. The average molecular weight is 252 g/mol. The number of fused-ring (bicyclic) bond motifs is 1. The lowest BCUT2D eigenvalue weighted by molar-refractivity contribution is -0.250. The molecule has 2 saturated heterocycles. The highest BCUT2D eigenvalue weighted by Gasteiger charge is 2.56. The number of benzene rings is 1. The first-order valence-corrected chi connectivity index (χ1v) is 6.00. The third-order valence-electron chi connectivity index (χ3n) is 3.38. The van der Waals surface area contributed by atoms with Crippen LogP contribution in [0, 0.1) is 0 Å². The van der Waals surface area contributed by atoms with Crippen LogP contribution in [0.3, 0.4) is 0 Å². The Hall–Kier alpha value is -0.980. The van der Waals surface area contributed by atoms with Gasteiger partial charge in [-0.25, -0.2) is 0 Å². The SMILES string of the molecule is O[C@@H]1CO[C@H]2[C@@H]1OC[C@]2(O)OCc1ccccc1. The largest absolute Gasteiger partial charge is 0.388 e. The zero-order chi connectivity index (χ0) is 12.6. The Balaban J connectivity index is 1.66. The van der Waals surface area contributed by atoms with E-state index in [1.54, 1.807) is 0 Å². The smallest absolute Gasteiger partial charge is 0.219 e. The fourth-order valence-electron chi connectivity index (χ4n) is 2.38. The van der Waals surface area contributed by atoms with Crippen molar-refractivity contribution >= 4 is 0 Å². The van der Waals surface area contributed by atoms with Crippen LogP contribution in [-0.2, 0) is 20.8 Å². The van der Waals surface area contributed by atoms with Crippen LogP contribution in [0.5, 0.6) is 0 Å². The zero-order valence-electron chi connectivity index (χ0n) is 9.86. The molecule has 2 aliphatic rings. The van der Waals surface area contributed by atoms with Gasteiger partial charge in [0, 0.05) is 0 Å². The van der Waals surface area contributed by atoms with Crippen molar-refractivity contribution in [3.8, 4) is 0 Å². The molecular formula is C13H16O5. The van der Waals surface area contributed by atoms with Crippen molar-refractivity contribution in [3.63, 3.8) is 0 Å². The van der Waals surface area contributed by atoms with Crippen LogP contribution in [-0.4, -0.2) is 47.5 Å². The minimum atomic E-state index is -1.47. The number of aliphatic hydroxyl groups is 2. The summed E-state index contributed by atoms with van der Waals surface area (Å²) in [4.78, 5) is 0. The molecule has 0 bridgehead atoms. The van der Waals surface area contributed by atoms with Gasteiger partial charge in [0.15, 0.2) is 0 Å². The van der Waals surface area contributed by atoms with E-state index in [1.165, 1.54) is 0 Å². The monoisotopic (exact) mass is 252 g/mol. The van der Waals surface area contributed by atoms with Gasteiger partial charge in [-0.1, -0.05) is 30.3 Å². The molecule has 2 heterocycles. The molecule has 0 aliphatic carbocycles. The van der Waals surface area contributed by atoms with Gasteiger partial charge in [-0.15, -0.1) is 0 Å². The summed E-state index contributed by atoms with van der Waals surface area (Å²) in [5.74, 6) is -1.47. The molecule has 2 fully saturated rings. The molecule has 5 heteroatoms. The topological polar surface area (TPSA) is 68.2 Å². The van der Waals surface area contributed by atoms with Crippen molar-refractivity contribution in [2.75, 3.05) is 13.2 Å². The molecule has 0 amide bonds. The van der Waals surface area contributed by atoms with Gasteiger partial charge in [0.25, 0.3) is 0 Å². The van der Waals surface area contributed by atoms with Crippen molar-refractivity contribution < 1.29 is 24.4 Å². The van der Waals surface area contributed by atoms with E-state index < -0.39 is 24.1 Å². The lowest BCUT2D eigenvalue weighted by atomic mass is 10.1. The van der Waals surface area contributed by atoms with Crippen LogP contribution >= 0.6 is 0 Å². The fourth-order valence-corrected chi connectivity index (χ4v) is 2.38. The normalized spacial score (nSPS) is 38.9. The van der Waals surface area contributed by atoms with Gasteiger partial charge in [0.1, 0.15) is 24.9 Å². The maximum Gasteiger partial charge on any atom is 0.219 e. The summed E-state index contributed by atoms with van der Waals surface area (Å²) in [6.45, 7) is 0.474. The quantitative estimate of drug-likeness (QED) is 0.744. The van der Waals surface area contributed by atoms with E-state index in [9.17, 15) is 10.2 Å². The fraction of sp³-hybridized carbons (Fsp3) is 0.538. The van der Waals surface area contributed by atoms with Crippen molar-refractivity contribution in [2.45, 2.75) is 30.7 Å². The Morgan fingerprint density at radius 1 is 1.28 bits per heavy atom. The molecule has 2 aliphatic heterocycles. The predicted octanol–water partition coefficient (Wildman–Crippen LogP) is 0.0503. The second-order valence-corrected chi connectivity index (χ2v) is 4.72. The molecule has 0 saturated carbocycles. The highest BCUT2D eigenvalue weighted by molar-refractivity contribution is 5.13. The second kappa shape index (κ2) is 4.60. The molecule has 3 rings (SSSR count). The molecule has 0 spiro atoms. The van der Waals surface area contributed by atoms with Gasteiger partial charge < -0.3 is 24.4 Å². The number of aliphatic hydroxyl groups excluding tert-OH is 1. The predicted molar refractivity (Wildman–Crippen MR) is 61.7 cm³/mol. The third-order valence-corrected chi connectivity index (χ3v) is 3.38. The molecule has 5 nitrogen and oxygen atoms in total. The summed E-state index contributed by atoms with van der Waals surface area (Å²) in [6, 6.07) is 9.57. The number of ether oxygens (including phenoxy) is 3. The van der Waals surface area contributed by atoms with E-state index in [0.29, 0.717) is 0 Å². The van der Waals surface area contributed by atoms with Gasteiger partial charge in [0.2, 0.25) is 5.79 Å². The zero-order valence-corrected chi connectivity index (χ0v) is 9.86. The van der Waals surface area contributed by atoms with Crippen LogP contribution < -0.4 is 0 Å². The van der Waals surface area contributed by atoms with Gasteiger partial charge in [-0.05, 0) is 5.56 Å². The Bertz CT molecular complexity index is 409. The summed E-state index contributed by atoms with van der Waals surface area (Å²) in [5, 5.41) is 20.0. The third kappa shape index (κ3) is 2.04. The van der Waals surface area contributed by atoms with Crippen LogP contribution in [0.4, 0.5) is 0 Å². The number of hydrogen-bond donors (Lipinski definition) is 2. The summed E-state index contributed by atoms with van der Waals surface area (Å²) < 4.78 is 16.2. The average Bonchev–Trinajstić information content (AvgIpc) is 2.92. The minimum Gasteiger partial charge on any atom is -0.388 e. The molecular weight excluding hydrogens is 236 g/mol. The van der Waals surface area contributed by atoms with Gasteiger partial charge in [-0.3, -0.25) is 0 Å². The standard InChI is InChI=1S/C13H16O5/c14-10-7-16-12-11(10)17-8-13(12,15)18-6-9-4-2-1-3-5-9/h1-5,10-12,14-15H,6-8H2/t10-,11-,12+,13+/m1/s1. The van der Waals surface area contributed by atoms with Crippen molar-refractivity contribution in [1.29, 1.82) is 0 Å². The van der Waals surface area contributed by atoms with Crippen LogP contribution in [0.1, 0.15) is 5.56 Å². The van der Waals surface area contributed by atoms with E-state index in [2.05, 4.69) is 0 Å². The molecule has 0 aromatic heterocycles.